The van der Waals surface area contributed by atoms with Gasteiger partial charge in [0.2, 0.25) is 0 Å². The zero-order chi connectivity index (χ0) is 13.3. The van der Waals surface area contributed by atoms with Crippen LogP contribution in [0.4, 0.5) is 0 Å². The maximum Gasteiger partial charge on any atom is 0.00797 e. The van der Waals surface area contributed by atoms with Gasteiger partial charge in [-0.2, -0.15) is 0 Å². The summed E-state index contributed by atoms with van der Waals surface area (Å²) in [6.07, 6.45) is 14.3. The van der Waals surface area contributed by atoms with Gasteiger partial charge < -0.3 is 10.2 Å². The molecule has 1 unspecified atom stereocenters. The summed E-state index contributed by atoms with van der Waals surface area (Å²) in [7, 11) is 0. The van der Waals surface area contributed by atoms with Gasteiger partial charge in [0.15, 0.2) is 0 Å². The molecule has 2 heteroatoms. The van der Waals surface area contributed by atoms with Crippen LogP contribution in [0.5, 0.6) is 0 Å². The van der Waals surface area contributed by atoms with Crippen molar-refractivity contribution in [2.24, 2.45) is 5.92 Å². The molecule has 0 radical (unpaired) electrons. The Hall–Kier alpha value is -0.0800. The Morgan fingerprint density at radius 3 is 2.58 bits per heavy atom. The average Bonchev–Trinajstić information content (AvgIpc) is 2.66. The van der Waals surface area contributed by atoms with Crippen LogP contribution in [0.25, 0.3) is 0 Å². The monoisotopic (exact) mass is 266 g/mol. The largest absolute Gasteiger partial charge is 0.314 e. The maximum absolute atomic E-state index is 3.84. The highest BCUT2D eigenvalue weighted by Gasteiger charge is 2.17. The molecule has 2 rings (SSSR count). The fourth-order valence-electron chi connectivity index (χ4n) is 3.87. The van der Waals surface area contributed by atoms with Crippen LogP contribution in [-0.4, -0.2) is 37.1 Å². The van der Waals surface area contributed by atoms with Gasteiger partial charge in [-0.05, 0) is 64.2 Å². The Labute approximate surface area is 120 Å². The lowest BCUT2D eigenvalue weighted by atomic mass is 9.87. The molecule has 2 nitrogen and oxygen atoms in total. The van der Waals surface area contributed by atoms with Crippen molar-refractivity contribution < 1.29 is 0 Å². The fourth-order valence-corrected chi connectivity index (χ4v) is 3.87. The second-order valence-corrected chi connectivity index (χ2v) is 6.72. The van der Waals surface area contributed by atoms with Crippen molar-refractivity contribution in [2.75, 3.05) is 26.2 Å². The molecule has 2 fully saturated rings. The standard InChI is InChI=1S/C17H34N2/c1-2-13-19-14-6-9-17(11-15-19)18-12-10-16-7-4-3-5-8-16/h16-18H,2-15H2,1H3. The summed E-state index contributed by atoms with van der Waals surface area (Å²) in [5.74, 6) is 1.03. The Morgan fingerprint density at radius 2 is 1.79 bits per heavy atom. The zero-order valence-electron chi connectivity index (χ0n) is 13.0. The van der Waals surface area contributed by atoms with Crippen molar-refractivity contribution in [3.63, 3.8) is 0 Å². The van der Waals surface area contributed by atoms with Crippen molar-refractivity contribution >= 4 is 0 Å². The second-order valence-electron chi connectivity index (χ2n) is 6.72. The van der Waals surface area contributed by atoms with Crippen LogP contribution in [0.1, 0.15) is 71.1 Å². The Morgan fingerprint density at radius 1 is 0.947 bits per heavy atom. The van der Waals surface area contributed by atoms with Gasteiger partial charge in [0, 0.05) is 6.04 Å². The van der Waals surface area contributed by atoms with Crippen molar-refractivity contribution in [1.82, 2.24) is 10.2 Å². The summed E-state index contributed by atoms with van der Waals surface area (Å²) in [6.45, 7) is 7.51. The molecule has 19 heavy (non-hydrogen) atoms. The molecule has 112 valence electrons. The Balaban J connectivity index is 1.57. The number of nitrogens with zero attached hydrogens (tertiary/aromatic N) is 1. The zero-order valence-corrected chi connectivity index (χ0v) is 13.0. The SMILES string of the molecule is CCCN1CCCC(NCCC2CCCCC2)CC1. The topological polar surface area (TPSA) is 15.3 Å². The van der Waals surface area contributed by atoms with Crippen molar-refractivity contribution in [3.05, 3.63) is 0 Å². The highest BCUT2D eigenvalue weighted by molar-refractivity contribution is 4.75. The van der Waals surface area contributed by atoms with E-state index in [0.717, 1.165) is 12.0 Å². The third-order valence-corrected chi connectivity index (χ3v) is 5.07. The number of hydrogen-bond acceptors (Lipinski definition) is 2. The van der Waals surface area contributed by atoms with Crippen LogP contribution in [0, 0.1) is 5.92 Å². The fraction of sp³-hybridized carbons (Fsp3) is 1.00. The average molecular weight is 266 g/mol. The van der Waals surface area contributed by atoms with Crippen LogP contribution in [0.3, 0.4) is 0 Å². The van der Waals surface area contributed by atoms with Gasteiger partial charge in [-0.15, -0.1) is 0 Å². The summed E-state index contributed by atoms with van der Waals surface area (Å²) < 4.78 is 0. The third kappa shape index (κ3) is 5.83. The van der Waals surface area contributed by atoms with Crippen molar-refractivity contribution in [1.29, 1.82) is 0 Å². The Bertz CT molecular complexity index is 223. The molecule has 0 aromatic heterocycles. The van der Waals surface area contributed by atoms with Crippen LogP contribution in [0.15, 0.2) is 0 Å². The van der Waals surface area contributed by atoms with Gasteiger partial charge in [0.25, 0.3) is 0 Å². The van der Waals surface area contributed by atoms with Gasteiger partial charge in [-0.25, -0.2) is 0 Å². The molecule has 2 aliphatic rings. The van der Waals surface area contributed by atoms with Gasteiger partial charge in [-0.3, -0.25) is 0 Å². The predicted molar refractivity (Wildman–Crippen MR) is 83.6 cm³/mol. The first kappa shape index (κ1) is 15.3. The van der Waals surface area contributed by atoms with E-state index in [4.69, 9.17) is 0 Å². The first-order chi connectivity index (χ1) is 9.38. The van der Waals surface area contributed by atoms with E-state index in [1.807, 2.05) is 0 Å². The van der Waals surface area contributed by atoms with E-state index < -0.39 is 0 Å². The summed E-state index contributed by atoms with van der Waals surface area (Å²) in [5.41, 5.74) is 0. The van der Waals surface area contributed by atoms with E-state index in [0.29, 0.717) is 0 Å². The number of rotatable bonds is 6. The third-order valence-electron chi connectivity index (χ3n) is 5.07. The second kappa shape index (κ2) is 8.97. The summed E-state index contributed by atoms with van der Waals surface area (Å²) in [6, 6.07) is 0.797. The van der Waals surface area contributed by atoms with Crippen molar-refractivity contribution in [3.8, 4) is 0 Å². The first-order valence-electron chi connectivity index (χ1n) is 8.84. The molecule has 0 aromatic carbocycles. The highest BCUT2D eigenvalue weighted by atomic mass is 15.1. The van der Waals surface area contributed by atoms with Gasteiger partial charge in [-0.1, -0.05) is 39.0 Å². The molecule has 1 atom stereocenters. The molecule has 1 saturated carbocycles. The molecule has 1 saturated heterocycles. The number of hydrogen-bond donors (Lipinski definition) is 1. The highest BCUT2D eigenvalue weighted by Crippen LogP contribution is 2.25. The summed E-state index contributed by atoms with van der Waals surface area (Å²) >= 11 is 0. The first-order valence-corrected chi connectivity index (χ1v) is 8.84. The van der Waals surface area contributed by atoms with Crippen LogP contribution in [0.2, 0.25) is 0 Å². The minimum atomic E-state index is 0.797. The number of nitrogens with one attached hydrogen (secondary N) is 1. The van der Waals surface area contributed by atoms with Crippen LogP contribution < -0.4 is 5.32 Å². The molecule has 1 N–H and O–H groups in total. The van der Waals surface area contributed by atoms with E-state index in [2.05, 4.69) is 17.1 Å². The molecule has 0 bridgehead atoms. The quantitative estimate of drug-likeness (QED) is 0.786. The lowest BCUT2D eigenvalue weighted by Gasteiger charge is -2.23. The lowest BCUT2D eigenvalue weighted by Crippen LogP contribution is -2.32. The van der Waals surface area contributed by atoms with Crippen LogP contribution in [-0.2, 0) is 0 Å². The molecule has 1 aliphatic heterocycles. The number of likely N-dealkylation sites (tertiary alicyclic amines) is 1. The van der Waals surface area contributed by atoms with E-state index in [1.54, 1.807) is 0 Å². The Kier molecular flexibility index (Phi) is 7.23. The van der Waals surface area contributed by atoms with Crippen molar-refractivity contribution in [2.45, 2.75) is 77.2 Å². The lowest BCUT2D eigenvalue weighted by molar-refractivity contribution is 0.281. The van der Waals surface area contributed by atoms with Gasteiger partial charge >= 0.3 is 0 Å². The molecular weight excluding hydrogens is 232 g/mol. The molecule has 0 amide bonds. The smallest absolute Gasteiger partial charge is 0.00797 e. The molecule has 1 aliphatic carbocycles. The van der Waals surface area contributed by atoms with E-state index in [9.17, 15) is 0 Å². The van der Waals surface area contributed by atoms with Gasteiger partial charge in [0.1, 0.15) is 0 Å². The molecule has 0 spiro atoms. The molecule has 1 heterocycles. The van der Waals surface area contributed by atoms with E-state index in [1.165, 1.54) is 90.4 Å². The molecular formula is C17H34N2. The minimum absolute atomic E-state index is 0.797. The summed E-state index contributed by atoms with van der Waals surface area (Å²) in [5, 5.41) is 3.84. The maximum atomic E-state index is 3.84. The molecule has 0 aromatic rings. The predicted octanol–water partition coefficient (Wildman–Crippen LogP) is 3.81. The normalized spacial score (nSPS) is 27.3. The van der Waals surface area contributed by atoms with E-state index >= 15 is 0 Å². The van der Waals surface area contributed by atoms with Crippen LogP contribution >= 0.6 is 0 Å². The summed E-state index contributed by atoms with van der Waals surface area (Å²) in [4.78, 5) is 2.66. The minimum Gasteiger partial charge on any atom is -0.314 e. The van der Waals surface area contributed by atoms with Gasteiger partial charge in [0.05, 0.1) is 0 Å². The van der Waals surface area contributed by atoms with E-state index in [-0.39, 0.29) is 0 Å².